The SMILES string of the molecule is CC(NC1CCN(CC(=O)N(C)C)CC1)C1CCCCC1. The molecule has 4 heteroatoms. The van der Waals surface area contributed by atoms with E-state index in [0.29, 0.717) is 18.6 Å². The molecule has 1 unspecified atom stereocenters. The zero-order valence-electron chi connectivity index (χ0n) is 14.1. The first-order valence-corrected chi connectivity index (χ1v) is 8.75. The summed E-state index contributed by atoms with van der Waals surface area (Å²) in [5.41, 5.74) is 0. The van der Waals surface area contributed by atoms with Gasteiger partial charge < -0.3 is 10.2 Å². The molecule has 1 aliphatic carbocycles. The lowest BCUT2D eigenvalue weighted by Gasteiger charge is -2.36. The predicted octanol–water partition coefficient (Wildman–Crippen LogP) is 2.10. The molecule has 4 nitrogen and oxygen atoms in total. The zero-order valence-corrected chi connectivity index (χ0v) is 14.1. The van der Waals surface area contributed by atoms with E-state index in [1.807, 2.05) is 14.1 Å². The Kier molecular flexibility index (Phi) is 6.49. The van der Waals surface area contributed by atoms with Crippen LogP contribution in [0.25, 0.3) is 0 Å². The van der Waals surface area contributed by atoms with Gasteiger partial charge in [-0.2, -0.15) is 0 Å². The molecule has 1 heterocycles. The minimum Gasteiger partial charge on any atom is -0.348 e. The second-order valence-corrected chi connectivity index (χ2v) is 7.19. The molecule has 21 heavy (non-hydrogen) atoms. The first-order valence-electron chi connectivity index (χ1n) is 8.75. The molecule has 122 valence electrons. The largest absolute Gasteiger partial charge is 0.348 e. The van der Waals surface area contributed by atoms with Crippen molar-refractivity contribution in [1.29, 1.82) is 0 Å². The van der Waals surface area contributed by atoms with E-state index in [1.165, 1.54) is 44.9 Å². The summed E-state index contributed by atoms with van der Waals surface area (Å²) >= 11 is 0. The fourth-order valence-electron chi connectivity index (χ4n) is 3.73. The molecule has 1 saturated heterocycles. The normalized spacial score (nSPS) is 24.0. The molecule has 0 radical (unpaired) electrons. The molecule has 1 aliphatic heterocycles. The van der Waals surface area contributed by atoms with Crippen LogP contribution in [0.2, 0.25) is 0 Å². The molecule has 1 atom stereocenters. The van der Waals surface area contributed by atoms with Gasteiger partial charge in [-0.1, -0.05) is 19.3 Å². The van der Waals surface area contributed by atoms with Gasteiger partial charge in [0.05, 0.1) is 6.54 Å². The van der Waals surface area contributed by atoms with Crippen LogP contribution in [0.4, 0.5) is 0 Å². The smallest absolute Gasteiger partial charge is 0.236 e. The molecule has 1 N–H and O–H groups in total. The van der Waals surface area contributed by atoms with Crippen LogP contribution in [0.1, 0.15) is 51.9 Å². The summed E-state index contributed by atoms with van der Waals surface area (Å²) in [5.74, 6) is 1.10. The predicted molar refractivity (Wildman–Crippen MR) is 87.3 cm³/mol. The molecule has 1 saturated carbocycles. The summed E-state index contributed by atoms with van der Waals surface area (Å²) in [6.45, 7) is 5.05. The van der Waals surface area contributed by atoms with Crippen LogP contribution in [-0.2, 0) is 4.79 Å². The van der Waals surface area contributed by atoms with Gasteiger partial charge in [-0.3, -0.25) is 9.69 Å². The van der Waals surface area contributed by atoms with Crippen molar-refractivity contribution < 1.29 is 4.79 Å². The maximum Gasteiger partial charge on any atom is 0.236 e. The van der Waals surface area contributed by atoms with Gasteiger partial charge in [-0.15, -0.1) is 0 Å². The van der Waals surface area contributed by atoms with Gasteiger partial charge in [0.25, 0.3) is 0 Å². The molecule has 0 aromatic heterocycles. The highest BCUT2D eigenvalue weighted by Crippen LogP contribution is 2.27. The van der Waals surface area contributed by atoms with E-state index in [0.717, 1.165) is 19.0 Å². The number of likely N-dealkylation sites (tertiary alicyclic amines) is 1. The number of nitrogens with zero attached hydrogens (tertiary/aromatic N) is 2. The Morgan fingerprint density at radius 3 is 2.33 bits per heavy atom. The van der Waals surface area contributed by atoms with Gasteiger partial charge in [0.1, 0.15) is 0 Å². The lowest BCUT2D eigenvalue weighted by atomic mass is 9.84. The van der Waals surface area contributed by atoms with E-state index in [4.69, 9.17) is 0 Å². The second kappa shape index (κ2) is 8.14. The van der Waals surface area contributed by atoms with Crippen LogP contribution < -0.4 is 5.32 Å². The Hall–Kier alpha value is -0.610. The molecule has 2 aliphatic rings. The van der Waals surface area contributed by atoms with Crippen LogP contribution in [-0.4, -0.2) is 61.5 Å². The van der Waals surface area contributed by atoms with Crippen LogP contribution >= 0.6 is 0 Å². The molecule has 2 fully saturated rings. The van der Waals surface area contributed by atoms with Crippen LogP contribution in [0.5, 0.6) is 0 Å². The minimum atomic E-state index is 0.219. The van der Waals surface area contributed by atoms with Gasteiger partial charge in [-0.25, -0.2) is 0 Å². The Bertz CT molecular complexity index is 318. The molecule has 0 spiro atoms. The summed E-state index contributed by atoms with van der Waals surface area (Å²) < 4.78 is 0. The molecule has 1 amide bonds. The van der Waals surface area contributed by atoms with Crippen LogP contribution in [0, 0.1) is 5.92 Å². The quantitative estimate of drug-likeness (QED) is 0.844. The molecular formula is C17H33N3O. The summed E-state index contributed by atoms with van der Waals surface area (Å²) in [6, 6.07) is 1.30. The van der Waals surface area contributed by atoms with Crippen molar-refractivity contribution >= 4 is 5.91 Å². The van der Waals surface area contributed by atoms with Crippen LogP contribution in [0.15, 0.2) is 0 Å². The number of likely N-dealkylation sites (N-methyl/N-ethyl adjacent to an activating group) is 1. The topological polar surface area (TPSA) is 35.6 Å². The number of rotatable bonds is 5. The summed E-state index contributed by atoms with van der Waals surface area (Å²) in [5, 5.41) is 3.86. The maximum absolute atomic E-state index is 11.7. The third-order valence-corrected chi connectivity index (χ3v) is 5.30. The Labute approximate surface area is 130 Å². The highest BCUT2D eigenvalue weighted by atomic mass is 16.2. The van der Waals surface area contributed by atoms with E-state index < -0.39 is 0 Å². The van der Waals surface area contributed by atoms with Gasteiger partial charge >= 0.3 is 0 Å². The Morgan fingerprint density at radius 2 is 1.76 bits per heavy atom. The van der Waals surface area contributed by atoms with E-state index in [9.17, 15) is 4.79 Å². The lowest BCUT2D eigenvalue weighted by molar-refractivity contribution is -0.130. The van der Waals surface area contributed by atoms with Gasteiger partial charge in [0.2, 0.25) is 5.91 Å². The van der Waals surface area contributed by atoms with Crippen molar-refractivity contribution in [2.75, 3.05) is 33.7 Å². The van der Waals surface area contributed by atoms with Crippen LogP contribution in [0.3, 0.4) is 0 Å². The number of amides is 1. The Balaban J connectivity index is 1.67. The van der Waals surface area contributed by atoms with Crippen molar-refractivity contribution in [2.45, 2.75) is 64.0 Å². The van der Waals surface area contributed by atoms with E-state index in [2.05, 4.69) is 17.1 Å². The highest BCUT2D eigenvalue weighted by Gasteiger charge is 2.25. The fourth-order valence-corrected chi connectivity index (χ4v) is 3.73. The van der Waals surface area contributed by atoms with E-state index in [-0.39, 0.29) is 5.91 Å². The van der Waals surface area contributed by atoms with E-state index >= 15 is 0 Å². The summed E-state index contributed by atoms with van der Waals surface area (Å²) in [4.78, 5) is 15.7. The van der Waals surface area contributed by atoms with Crippen molar-refractivity contribution in [3.8, 4) is 0 Å². The summed E-state index contributed by atoms with van der Waals surface area (Å²) in [7, 11) is 3.67. The standard InChI is InChI=1S/C17H33N3O/c1-14(15-7-5-4-6-8-15)18-16-9-11-20(12-10-16)13-17(21)19(2)3/h14-16,18H,4-13H2,1-3H3. The number of carbonyl (C=O) groups is 1. The van der Waals surface area contributed by atoms with Gasteiger partial charge in [0.15, 0.2) is 0 Å². The number of carbonyl (C=O) groups excluding carboxylic acids is 1. The first kappa shape index (κ1) is 16.8. The molecule has 2 rings (SSSR count). The molecule has 0 aromatic carbocycles. The number of hydrogen-bond donors (Lipinski definition) is 1. The van der Waals surface area contributed by atoms with Gasteiger partial charge in [0, 0.05) is 39.3 Å². The molecule has 0 aromatic rings. The monoisotopic (exact) mass is 295 g/mol. The third kappa shape index (κ3) is 5.26. The number of hydrogen-bond acceptors (Lipinski definition) is 3. The van der Waals surface area contributed by atoms with Crippen molar-refractivity contribution in [3.63, 3.8) is 0 Å². The second-order valence-electron chi connectivity index (χ2n) is 7.19. The average Bonchev–Trinajstić information content (AvgIpc) is 2.50. The highest BCUT2D eigenvalue weighted by molar-refractivity contribution is 5.77. The number of piperidine rings is 1. The molecule has 0 bridgehead atoms. The maximum atomic E-state index is 11.7. The lowest BCUT2D eigenvalue weighted by Crippen LogP contribution is -2.49. The average molecular weight is 295 g/mol. The number of nitrogens with one attached hydrogen (secondary N) is 1. The fraction of sp³-hybridized carbons (Fsp3) is 0.941. The Morgan fingerprint density at radius 1 is 1.14 bits per heavy atom. The third-order valence-electron chi connectivity index (χ3n) is 5.30. The van der Waals surface area contributed by atoms with Crippen molar-refractivity contribution in [1.82, 2.24) is 15.1 Å². The van der Waals surface area contributed by atoms with Crippen molar-refractivity contribution in [2.24, 2.45) is 5.92 Å². The first-order chi connectivity index (χ1) is 10.1. The van der Waals surface area contributed by atoms with Gasteiger partial charge in [-0.05, 0) is 38.5 Å². The molecular weight excluding hydrogens is 262 g/mol. The van der Waals surface area contributed by atoms with E-state index in [1.54, 1.807) is 4.90 Å². The summed E-state index contributed by atoms with van der Waals surface area (Å²) in [6.07, 6.45) is 9.44. The minimum absolute atomic E-state index is 0.219. The zero-order chi connectivity index (χ0) is 15.2. The van der Waals surface area contributed by atoms with Crippen molar-refractivity contribution in [3.05, 3.63) is 0 Å².